The zero-order chi connectivity index (χ0) is 21.3. The van der Waals surface area contributed by atoms with Crippen LogP contribution in [0.2, 0.25) is 0 Å². The summed E-state index contributed by atoms with van der Waals surface area (Å²) in [6.07, 6.45) is 22.9. The molecule has 29 heavy (non-hydrogen) atoms. The molecule has 168 valence electrons. The summed E-state index contributed by atoms with van der Waals surface area (Å²) in [4.78, 5) is 0. The highest BCUT2D eigenvalue weighted by Crippen LogP contribution is 2.34. The topological polar surface area (TPSA) is 45.4 Å². The second-order valence-corrected chi connectivity index (χ2v) is 8.70. The van der Waals surface area contributed by atoms with Crippen molar-refractivity contribution in [2.75, 3.05) is 0 Å². The zero-order valence-corrected chi connectivity index (χ0v) is 19.5. The third-order valence-electron chi connectivity index (χ3n) is 6.07. The van der Waals surface area contributed by atoms with Gasteiger partial charge >= 0.3 is 0 Å². The van der Waals surface area contributed by atoms with E-state index in [2.05, 4.69) is 26.8 Å². The number of hydrogen-bond donors (Lipinski definition) is 2. The maximum atomic E-state index is 10.2. The van der Waals surface area contributed by atoms with Crippen molar-refractivity contribution in [3.63, 3.8) is 0 Å². The SMILES string of the molecule is CCCCCCCCCCCCCC=C(C)C(CCCCC)n1c(O)ccc1O. The normalized spacial score (nSPS) is 13.1. The Hall–Kier alpha value is -1.38. The van der Waals surface area contributed by atoms with E-state index in [0.717, 1.165) is 19.3 Å². The summed E-state index contributed by atoms with van der Waals surface area (Å²) in [6, 6.07) is 3.22. The van der Waals surface area contributed by atoms with Gasteiger partial charge in [-0.25, -0.2) is 0 Å². The van der Waals surface area contributed by atoms with Crippen molar-refractivity contribution in [3.05, 3.63) is 23.8 Å². The van der Waals surface area contributed by atoms with E-state index in [0.29, 0.717) is 0 Å². The van der Waals surface area contributed by atoms with Crippen LogP contribution in [0.4, 0.5) is 0 Å². The second kappa shape index (κ2) is 16.4. The number of aromatic nitrogens is 1. The van der Waals surface area contributed by atoms with E-state index >= 15 is 0 Å². The lowest BCUT2D eigenvalue weighted by atomic mass is 9.99. The molecule has 0 aliphatic rings. The summed E-state index contributed by atoms with van der Waals surface area (Å²) in [6.45, 7) is 6.63. The first-order valence-electron chi connectivity index (χ1n) is 12.4. The molecular formula is C26H47NO2. The second-order valence-electron chi connectivity index (χ2n) is 8.70. The number of unbranched alkanes of at least 4 members (excludes halogenated alkanes) is 13. The lowest BCUT2D eigenvalue weighted by molar-refractivity contribution is 0.336. The molecule has 0 spiro atoms. The van der Waals surface area contributed by atoms with Gasteiger partial charge in [0.1, 0.15) is 0 Å². The van der Waals surface area contributed by atoms with Crippen LogP contribution < -0.4 is 0 Å². The summed E-state index contributed by atoms with van der Waals surface area (Å²) in [5.41, 5.74) is 1.26. The van der Waals surface area contributed by atoms with Crippen LogP contribution in [0.1, 0.15) is 130 Å². The molecule has 0 fully saturated rings. The highest BCUT2D eigenvalue weighted by molar-refractivity contribution is 5.28. The zero-order valence-electron chi connectivity index (χ0n) is 19.5. The maximum Gasteiger partial charge on any atom is 0.194 e. The molecule has 1 atom stereocenters. The van der Waals surface area contributed by atoms with Crippen molar-refractivity contribution >= 4 is 0 Å². The molecule has 3 nitrogen and oxygen atoms in total. The standard InChI is InChI=1S/C26H47NO2/c1-4-6-8-9-10-11-12-13-14-15-16-18-19-23(3)24(20-17-7-5-2)27-25(28)21-22-26(27)29/h19,21-22,24,28-29H,4-18,20H2,1-3H3. The largest absolute Gasteiger partial charge is 0.494 e. The Morgan fingerprint density at radius 3 is 1.72 bits per heavy atom. The Labute approximate surface area is 180 Å². The number of nitrogens with zero attached hydrogens (tertiary/aromatic N) is 1. The average molecular weight is 406 g/mol. The first-order chi connectivity index (χ1) is 14.1. The van der Waals surface area contributed by atoms with E-state index in [1.54, 1.807) is 16.7 Å². The van der Waals surface area contributed by atoms with Crippen molar-refractivity contribution in [2.45, 2.75) is 130 Å². The molecule has 1 aromatic heterocycles. The molecular weight excluding hydrogens is 358 g/mol. The van der Waals surface area contributed by atoms with E-state index in [1.807, 2.05) is 0 Å². The van der Waals surface area contributed by atoms with Gasteiger partial charge in [-0.1, -0.05) is 109 Å². The molecule has 0 bridgehead atoms. The van der Waals surface area contributed by atoms with E-state index in [-0.39, 0.29) is 17.8 Å². The van der Waals surface area contributed by atoms with Gasteiger partial charge in [0, 0.05) is 12.1 Å². The van der Waals surface area contributed by atoms with Crippen molar-refractivity contribution in [1.29, 1.82) is 0 Å². The number of rotatable bonds is 18. The van der Waals surface area contributed by atoms with Crippen molar-refractivity contribution in [2.24, 2.45) is 0 Å². The number of hydrogen-bond acceptors (Lipinski definition) is 2. The molecule has 1 aromatic rings. The molecule has 0 radical (unpaired) electrons. The highest BCUT2D eigenvalue weighted by Gasteiger charge is 2.18. The number of aromatic hydroxyl groups is 2. The van der Waals surface area contributed by atoms with Crippen LogP contribution in [-0.4, -0.2) is 14.8 Å². The van der Waals surface area contributed by atoms with Gasteiger partial charge < -0.3 is 10.2 Å². The summed E-state index contributed by atoms with van der Waals surface area (Å²) >= 11 is 0. The Kier molecular flexibility index (Phi) is 14.5. The van der Waals surface area contributed by atoms with Crippen LogP contribution in [0.3, 0.4) is 0 Å². The highest BCUT2D eigenvalue weighted by atomic mass is 16.3. The van der Waals surface area contributed by atoms with Gasteiger partial charge in [0.25, 0.3) is 0 Å². The molecule has 2 N–H and O–H groups in total. The third-order valence-corrected chi connectivity index (χ3v) is 6.07. The fraction of sp³-hybridized carbons (Fsp3) is 0.769. The van der Waals surface area contributed by atoms with Gasteiger partial charge in [0.2, 0.25) is 0 Å². The van der Waals surface area contributed by atoms with Gasteiger partial charge in [-0.2, -0.15) is 0 Å². The van der Waals surface area contributed by atoms with Gasteiger partial charge in [-0.15, -0.1) is 0 Å². The third kappa shape index (κ3) is 10.8. The lowest BCUT2D eigenvalue weighted by Gasteiger charge is -2.22. The molecule has 3 heteroatoms. The molecule has 1 heterocycles. The van der Waals surface area contributed by atoms with Gasteiger partial charge in [-0.05, 0) is 26.2 Å². The molecule has 0 saturated heterocycles. The van der Waals surface area contributed by atoms with E-state index in [4.69, 9.17) is 0 Å². The Morgan fingerprint density at radius 2 is 1.21 bits per heavy atom. The minimum atomic E-state index is 0.0595. The van der Waals surface area contributed by atoms with Gasteiger partial charge in [0.05, 0.1) is 6.04 Å². The first kappa shape index (κ1) is 25.7. The van der Waals surface area contributed by atoms with E-state index in [1.165, 1.54) is 89.0 Å². The molecule has 0 aliphatic heterocycles. The molecule has 0 saturated carbocycles. The minimum Gasteiger partial charge on any atom is -0.494 e. The minimum absolute atomic E-state index is 0.0595. The Balaban J connectivity index is 2.29. The smallest absolute Gasteiger partial charge is 0.194 e. The summed E-state index contributed by atoms with van der Waals surface area (Å²) in [7, 11) is 0. The van der Waals surface area contributed by atoms with Crippen molar-refractivity contribution in [1.82, 2.24) is 4.57 Å². The van der Waals surface area contributed by atoms with Crippen LogP contribution in [0.15, 0.2) is 23.8 Å². The summed E-state index contributed by atoms with van der Waals surface area (Å²) < 4.78 is 1.68. The molecule has 0 aliphatic carbocycles. The molecule has 1 rings (SSSR count). The number of allylic oxidation sites excluding steroid dienone is 2. The fourth-order valence-corrected chi connectivity index (χ4v) is 4.17. The van der Waals surface area contributed by atoms with Crippen LogP contribution >= 0.6 is 0 Å². The average Bonchev–Trinajstić information content (AvgIpc) is 3.04. The van der Waals surface area contributed by atoms with Crippen LogP contribution in [0.25, 0.3) is 0 Å². The van der Waals surface area contributed by atoms with E-state index in [9.17, 15) is 10.2 Å². The Morgan fingerprint density at radius 1 is 0.759 bits per heavy atom. The first-order valence-corrected chi connectivity index (χ1v) is 12.4. The van der Waals surface area contributed by atoms with Crippen molar-refractivity contribution < 1.29 is 10.2 Å². The predicted octanol–water partition coefficient (Wildman–Crippen LogP) is 8.67. The molecule has 0 amide bonds. The quantitative estimate of drug-likeness (QED) is 0.189. The van der Waals surface area contributed by atoms with E-state index < -0.39 is 0 Å². The van der Waals surface area contributed by atoms with Crippen LogP contribution in [0, 0.1) is 0 Å². The van der Waals surface area contributed by atoms with Crippen molar-refractivity contribution in [3.8, 4) is 11.8 Å². The fourth-order valence-electron chi connectivity index (χ4n) is 4.17. The Bertz CT molecular complexity index is 527. The predicted molar refractivity (Wildman–Crippen MR) is 126 cm³/mol. The monoisotopic (exact) mass is 405 g/mol. The van der Waals surface area contributed by atoms with Gasteiger partial charge in [-0.3, -0.25) is 4.57 Å². The van der Waals surface area contributed by atoms with Crippen LogP contribution in [0.5, 0.6) is 11.8 Å². The lowest BCUT2D eigenvalue weighted by Crippen LogP contribution is -2.10. The van der Waals surface area contributed by atoms with Crippen LogP contribution in [-0.2, 0) is 0 Å². The molecule has 1 unspecified atom stereocenters. The summed E-state index contributed by atoms with van der Waals surface area (Å²) in [5.74, 6) is 0.317. The summed E-state index contributed by atoms with van der Waals surface area (Å²) in [5, 5.41) is 20.3. The molecule has 0 aromatic carbocycles. The maximum absolute atomic E-state index is 10.2. The van der Waals surface area contributed by atoms with Gasteiger partial charge in [0.15, 0.2) is 11.8 Å².